The fourth-order valence-corrected chi connectivity index (χ4v) is 2.43. The van der Waals surface area contributed by atoms with Crippen molar-refractivity contribution in [3.05, 3.63) is 29.3 Å². The van der Waals surface area contributed by atoms with Crippen LogP contribution in [0.1, 0.15) is 11.1 Å². The monoisotopic (exact) mass is 240 g/mol. The predicted molar refractivity (Wildman–Crippen MR) is 65.3 cm³/mol. The highest BCUT2D eigenvalue weighted by Crippen LogP contribution is 2.18. The van der Waals surface area contributed by atoms with Crippen molar-refractivity contribution in [3.63, 3.8) is 0 Å². The zero-order valence-corrected chi connectivity index (χ0v) is 10.7. The zero-order chi connectivity index (χ0) is 12.3. The van der Waals surface area contributed by atoms with Crippen LogP contribution in [0.5, 0.6) is 0 Å². The van der Waals surface area contributed by atoms with E-state index in [0.29, 0.717) is 0 Å². The maximum atomic E-state index is 11.8. The molecule has 1 aromatic carbocycles. The van der Waals surface area contributed by atoms with Crippen LogP contribution in [-0.4, -0.2) is 33.8 Å². The lowest BCUT2D eigenvalue weighted by atomic mass is 10.2. The summed E-state index contributed by atoms with van der Waals surface area (Å²) in [4.78, 5) is 1.84. The van der Waals surface area contributed by atoms with Gasteiger partial charge < -0.3 is 4.90 Å². The summed E-state index contributed by atoms with van der Waals surface area (Å²) in [6.45, 7) is 3.69. The van der Waals surface area contributed by atoms with E-state index in [0.717, 1.165) is 11.1 Å². The molecule has 0 N–H and O–H groups in total. The Labute approximate surface area is 96.7 Å². The van der Waals surface area contributed by atoms with Crippen molar-refractivity contribution in [2.45, 2.75) is 18.7 Å². The summed E-state index contributed by atoms with van der Waals surface area (Å²) in [5.41, 5.74) is 1.75. The summed E-state index contributed by atoms with van der Waals surface area (Å²) in [5.74, 6) is 0. The molecule has 4 nitrogen and oxygen atoms in total. The third kappa shape index (κ3) is 3.06. The molecule has 1 aromatic rings. The number of sulfonamides is 1. The fraction of sp³-hybridized carbons (Fsp3) is 0.364. The topological polar surface area (TPSA) is 49.7 Å². The molecule has 0 atom stereocenters. The summed E-state index contributed by atoms with van der Waals surface area (Å²) in [5, 5.41) is 0. The number of hydrogen-bond acceptors (Lipinski definition) is 2. The lowest BCUT2D eigenvalue weighted by molar-refractivity contribution is 0.594. The van der Waals surface area contributed by atoms with Gasteiger partial charge in [-0.05, 0) is 25.5 Å². The summed E-state index contributed by atoms with van der Waals surface area (Å²) in [7, 11) is -0.129. The van der Waals surface area contributed by atoms with Crippen molar-refractivity contribution >= 4 is 16.4 Å². The molecule has 16 heavy (non-hydrogen) atoms. The summed E-state index contributed by atoms with van der Waals surface area (Å²) in [6.07, 6.45) is 1.29. The lowest BCUT2D eigenvalue weighted by Crippen LogP contribution is -2.10. The SMILES string of the molecule is Cc1ccc(S(=O)(=O)N=CN(C)C)c(C)c1. The first kappa shape index (κ1) is 12.7. The Kier molecular flexibility index (Phi) is 3.70. The molecule has 0 aliphatic rings. The number of nitrogens with zero attached hydrogens (tertiary/aromatic N) is 2. The smallest absolute Gasteiger partial charge is 0.283 e. The van der Waals surface area contributed by atoms with Crippen LogP contribution < -0.4 is 0 Å². The van der Waals surface area contributed by atoms with Gasteiger partial charge in [-0.15, -0.1) is 4.40 Å². The van der Waals surface area contributed by atoms with Crippen LogP contribution in [0.4, 0.5) is 0 Å². The van der Waals surface area contributed by atoms with Crippen LogP contribution in [0.2, 0.25) is 0 Å². The molecule has 88 valence electrons. The van der Waals surface area contributed by atoms with Crippen molar-refractivity contribution in [2.75, 3.05) is 14.1 Å². The van der Waals surface area contributed by atoms with E-state index in [9.17, 15) is 8.42 Å². The molecule has 0 spiro atoms. The van der Waals surface area contributed by atoms with Crippen molar-refractivity contribution in [1.29, 1.82) is 0 Å². The van der Waals surface area contributed by atoms with Crippen LogP contribution in [0.15, 0.2) is 27.5 Å². The van der Waals surface area contributed by atoms with Crippen LogP contribution in [0.3, 0.4) is 0 Å². The zero-order valence-electron chi connectivity index (χ0n) is 9.93. The number of aryl methyl sites for hydroxylation is 2. The predicted octanol–water partition coefficient (Wildman–Crippen LogP) is 1.58. The van der Waals surface area contributed by atoms with Gasteiger partial charge in [0.05, 0.1) is 4.90 Å². The molecule has 0 bridgehead atoms. The summed E-state index contributed by atoms with van der Waals surface area (Å²) >= 11 is 0. The van der Waals surface area contributed by atoms with Gasteiger partial charge in [-0.2, -0.15) is 8.42 Å². The van der Waals surface area contributed by atoms with Gasteiger partial charge in [0.25, 0.3) is 10.0 Å². The van der Waals surface area contributed by atoms with Crippen molar-refractivity contribution in [1.82, 2.24) is 4.90 Å². The molecule has 0 aliphatic heterocycles. The van der Waals surface area contributed by atoms with Crippen LogP contribution in [0.25, 0.3) is 0 Å². The Morgan fingerprint density at radius 2 is 1.88 bits per heavy atom. The Balaban J connectivity index is 3.18. The molecule has 0 unspecified atom stereocenters. The minimum Gasteiger partial charge on any atom is -0.368 e. The van der Waals surface area contributed by atoms with Gasteiger partial charge in [-0.3, -0.25) is 0 Å². The van der Waals surface area contributed by atoms with Gasteiger partial charge in [-0.25, -0.2) is 0 Å². The molecule has 5 heteroatoms. The Morgan fingerprint density at radius 3 is 2.38 bits per heavy atom. The van der Waals surface area contributed by atoms with E-state index in [2.05, 4.69) is 4.40 Å². The standard InChI is InChI=1S/C11H16N2O2S/c1-9-5-6-11(10(2)7-9)16(14,15)12-8-13(3)4/h5-8H,1-4H3. The minimum absolute atomic E-state index is 0.260. The molecular weight excluding hydrogens is 224 g/mol. The van der Waals surface area contributed by atoms with Crippen molar-refractivity contribution in [2.24, 2.45) is 4.40 Å². The molecule has 0 saturated heterocycles. The van der Waals surface area contributed by atoms with Crippen LogP contribution >= 0.6 is 0 Å². The van der Waals surface area contributed by atoms with E-state index >= 15 is 0 Å². The summed E-state index contributed by atoms with van der Waals surface area (Å²) in [6, 6.07) is 5.19. The van der Waals surface area contributed by atoms with Gasteiger partial charge in [0.1, 0.15) is 6.34 Å². The molecule has 1 rings (SSSR count). The Morgan fingerprint density at radius 1 is 1.25 bits per heavy atom. The third-order valence-electron chi connectivity index (χ3n) is 2.03. The Hall–Kier alpha value is -1.36. The van der Waals surface area contributed by atoms with Crippen molar-refractivity contribution < 1.29 is 8.42 Å². The average molecular weight is 240 g/mol. The lowest BCUT2D eigenvalue weighted by Gasteiger charge is -2.06. The molecular formula is C11H16N2O2S. The van der Waals surface area contributed by atoms with Gasteiger partial charge in [-0.1, -0.05) is 17.7 Å². The maximum Gasteiger partial charge on any atom is 0.283 e. The molecule has 0 fully saturated rings. The highest BCUT2D eigenvalue weighted by atomic mass is 32.2. The van der Waals surface area contributed by atoms with E-state index in [-0.39, 0.29) is 4.90 Å². The molecule has 0 amide bonds. The highest BCUT2D eigenvalue weighted by molar-refractivity contribution is 7.90. The molecule has 0 aliphatic carbocycles. The maximum absolute atomic E-state index is 11.8. The normalized spacial score (nSPS) is 12.0. The Bertz CT molecular complexity index is 505. The number of benzene rings is 1. The first-order chi connectivity index (χ1) is 7.33. The molecule has 0 aromatic heterocycles. The molecule has 0 radical (unpaired) electrons. The van der Waals surface area contributed by atoms with Crippen molar-refractivity contribution in [3.8, 4) is 0 Å². The van der Waals surface area contributed by atoms with Gasteiger partial charge >= 0.3 is 0 Å². The third-order valence-corrected chi connectivity index (χ3v) is 3.41. The average Bonchev–Trinajstić information content (AvgIpc) is 2.14. The second-order valence-corrected chi connectivity index (χ2v) is 5.53. The van der Waals surface area contributed by atoms with E-state index in [1.54, 1.807) is 38.1 Å². The first-order valence-electron chi connectivity index (χ1n) is 4.87. The van der Waals surface area contributed by atoms with Gasteiger partial charge in [0.2, 0.25) is 0 Å². The second kappa shape index (κ2) is 4.65. The van der Waals surface area contributed by atoms with Crippen LogP contribution in [-0.2, 0) is 10.0 Å². The number of hydrogen-bond donors (Lipinski definition) is 0. The van der Waals surface area contributed by atoms with E-state index in [1.165, 1.54) is 6.34 Å². The van der Waals surface area contributed by atoms with Gasteiger partial charge in [0, 0.05) is 14.1 Å². The molecule has 0 saturated carbocycles. The van der Waals surface area contributed by atoms with E-state index in [4.69, 9.17) is 0 Å². The van der Waals surface area contributed by atoms with E-state index in [1.807, 2.05) is 13.0 Å². The van der Waals surface area contributed by atoms with Crippen LogP contribution in [0, 0.1) is 13.8 Å². The minimum atomic E-state index is -3.57. The van der Waals surface area contributed by atoms with Gasteiger partial charge in [0.15, 0.2) is 0 Å². The summed E-state index contributed by atoms with van der Waals surface area (Å²) < 4.78 is 27.3. The van der Waals surface area contributed by atoms with E-state index < -0.39 is 10.0 Å². The largest absolute Gasteiger partial charge is 0.368 e. The highest BCUT2D eigenvalue weighted by Gasteiger charge is 2.14. The first-order valence-corrected chi connectivity index (χ1v) is 6.31. The second-order valence-electron chi connectivity index (χ2n) is 3.93. The quantitative estimate of drug-likeness (QED) is 0.595. The number of rotatable bonds is 3. The molecule has 0 heterocycles. The fourth-order valence-electron chi connectivity index (χ4n) is 1.30.